The van der Waals surface area contributed by atoms with Crippen LogP contribution in [-0.2, 0) is 15.8 Å². The van der Waals surface area contributed by atoms with E-state index in [1.54, 1.807) is 24.3 Å². The van der Waals surface area contributed by atoms with Gasteiger partial charge in [-0.25, -0.2) is 13.6 Å². The molecule has 3 rings (SSSR count). The molecule has 0 aliphatic heterocycles. The molecule has 0 aliphatic rings. The van der Waals surface area contributed by atoms with Gasteiger partial charge in [-0.05, 0) is 23.8 Å². The molecule has 0 saturated heterocycles. The number of primary sulfonamides is 1. The molecule has 0 aliphatic carbocycles. The van der Waals surface area contributed by atoms with E-state index in [0.717, 1.165) is 10.1 Å². The number of hydrogen-bond acceptors (Lipinski definition) is 4. The molecule has 0 unspecified atom stereocenters. The van der Waals surface area contributed by atoms with Gasteiger partial charge in [0.15, 0.2) is 0 Å². The van der Waals surface area contributed by atoms with E-state index >= 15 is 0 Å². The van der Waals surface area contributed by atoms with Crippen LogP contribution in [0.2, 0.25) is 5.02 Å². The van der Waals surface area contributed by atoms with Gasteiger partial charge in [0.05, 0.1) is 10.8 Å². The molecule has 1 heterocycles. The van der Waals surface area contributed by atoms with Crippen molar-refractivity contribution in [1.29, 1.82) is 0 Å². The van der Waals surface area contributed by atoms with Gasteiger partial charge in [-0.1, -0.05) is 41.9 Å². The Morgan fingerprint density at radius 2 is 1.79 bits per heavy atom. The second kappa shape index (κ2) is 6.52. The molecule has 0 fully saturated rings. The van der Waals surface area contributed by atoms with Crippen molar-refractivity contribution in [1.82, 2.24) is 0 Å². The molecule has 0 bridgehead atoms. The van der Waals surface area contributed by atoms with Crippen LogP contribution >= 0.6 is 22.9 Å². The Labute approximate surface area is 148 Å². The van der Waals surface area contributed by atoms with Gasteiger partial charge in [-0.2, -0.15) is 0 Å². The summed E-state index contributed by atoms with van der Waals surface area (Å²) in [6, 6.07) is 14.0. The fraction of sp³-hybridized carbons (Fsp3) is 0.0625. The van der Waals surface area contributed by atoms with Crippen LogP contribution in [0.15, 0.2) is 48.5 Å². The maximum Gasteiger partial charge on any atom is 0.267 e. The SMILES string of the molecule is NS(=O)(=O)Cc1ccc(NC(=O)c2sc3ccccc3c2Cl)cc1. The zero-order valence-electron chi connectivity index (χ0n) is 12.3. The fourth-order valence-electron chi connectivity index (χ4n) is 2.26. The Balaban J connectivity index is 1.80. The third-order valence-corrected chi connectivity index (χ3v) is 5.73. The number of fused-ring (bicyclic) bond motifs is 1. The number of amides is 1. The average molecular weight is 381 g/mol. The Kier molecular flexibility index (Phi) is 4.60. The molecule has 3 aromatic rings. The van der Waals surface area contributed by atoms with Gasteiger partial charge in [0.1, 0.15) is 4.88 Å². The zero-order valence-corrected chi connectivity index (χ0v) is 14.7. The van der Waals surface area contributed by atoms with Gasteiger partial charge in [0, 0.05) is 15.8 Å². The summed E-state index contributed by atoms with van der Waals surface area (Å²) in [7, 11) is -3.58. The number of benzene rings is 2. The second-order valence-corrected chi connectivity index (χ2v) is 8.24. The highest BCUT2D eigenvalue weighted by Crippen LogP contribution is 2.35. The molecule has 8 heteroatoms. The normalized spacial score (nSPS) is 11.6. The van der Waals surface area contributed by atoms with Crippen molar-refractivity contribution in [2.45, 2.75) is 5.75 Å². The number of carbonyl (C=O) groups excluding carboxylic acids is 1. The number of hydrogen-bond donors (Lipinski definition) is 2. The van der Waals surface area contributed by atoms with E-state index < -0.39 is 10.0 Å². The lowest BCUT2D eigenvalue weighted by Crippen LogP contribution is -2.14. The predicted octanol–water partition coefficient (Wildman–Crippen LogP) is 3.60. The van der Waals surface area contributed by atoms with Crippen LogP contribution in [0.25, 0.3) is 10.1 Å². The molecule has 0 saturated carbocycles. The lowest BCUT2D eigenvalue weighted by molar-refractivity contribution is 0.103. The number of thiophene rings is 1. The molecule has 124 valence electrons. The van der Waals surface area contributed by atoms with E-state index in [2.05, 4.69) is 5.32 Å². The molecular formula is C16H13ClN2O3S2. The molecule has 0 atom stereocenters. The van der Waals surface area contributed by atoms with Gasteiger partial charge < -0.3 is 5.32 Å². The second-order valence-electron chi connectivity index (χ2n) is 5.20. The summed E-state index contributed by atoms with van der Waals surface area (Å²) < 4.78 is 23.1. The number of halogens is 1. The number of carbonyl (C=O) groups is 1. The number of rotatable bonds is 4. The maximum atomic E-state index is 12.4. The number of anilines is 1. The third-order valence-electron chi connectivity index (χ3n) is 3.32. The van der Waals surface area contributed by atoms with Crippen molar-refractivity contribution in [3.05, 3.63) is 64.0 Å². The van der Waals surface area contributed by atoms with Crippen molar-refractivity contribution < 1.29 is 13.2 Å². The van der Waals surface area contributed by atoms with Gasteiger partial charge in [-0.3, -0.25) is 4.79 Å². The minimum absolute atomic E-state index is 0.247. The van der Waals surface area contributed by atoms with Crippen molar-refractivity contribution in [3.63, 3.8) is 0 Å². The van der Waals surface area contributed by atoms with Crippen LogP contribution in [0.4, 0.5) is 5.69 Å². The smallest absolute Gasteiger partial charge is 0.267 e. The van der Waals surface area contributed by atoms with Crippen LogP contribution in [0, 0.1) is 0 Å². The van der Waals surface area contributed by atoms with E-state index in [1.165, 1.54) is 11.3 Å². The monoisotopic (exact) mass is 380 g/mol. The highest BCUT2D eigenvalue weighted by atomic mass is 35.5. The molecule has 0 radical (unpaired) electrons. The number of nitrogens with two attached hydrogens (primary N) is 1. The molecule has 3 N–H and O–H groups in total. The van der Waals surface area contributed by atoms with Crippen LogP contribution < -0.4 is 10.5 Å². The Morgan fingerprint density at radius 1 is 1.12 bits per heavy atom. The first-order valence-electron chi connectivity index (χ1n) is 6.91. The van der Waals surface area contributed by atoms with Gasteiger partial charge in [0.2, 0.25) is 10.0 Å². The Morgan fingerprint density at radius 3 is 2.42 bits per heavy atom. The fourth-order valence-corrected chi connectivity index (χ4v) is 4.33. The Bertz CT molecular complexity index is 1010. The van der Waals surface area contributed by atoms with E-state index in [1.807, 2.05) is 24.3 Å². The summed E-state index contributed by atoms with van der Waals surface area (Å²) in [5, 5.41) is 9.04. The minimum Gasteiger partial charge on any atom is -0.321 e. The molecule has 5 nitrogen and oxygen atoms in total. The van der Waals surface area contributed by atoms with Crippen molar-refractivity contribution in [3.8, 4) is 0 Å². The first-order chi connectivity index (χ1) is 11.3. The first kappa shape index (κ1) is 16.9. The summed E-state index contributed by atoms with van der Waals surface area (Å²) in [5.74, 6) is -0.552. The van der Waals surface area contributed by atoms with E-state index in [4.69, 9.17) is 16.7 Å². The highest BCUT2D eigenvalue weighted by molar-refractivity contribution is 7.88. The quantitative estimate of drug-likeness (QED) is 0.724. The predicted molar refractivity (Wildman–Crippen MR) is 98.0 cm³/mol. The topological polar surface area (TPSA) is 89.3 Å². The van der Waals surface area contributed by atoms with Crippen molar-refractivity contribution in [2.75, 3.05) is 5.32 Å². The van der Waals surface area contributed by atoms with Gasteiger partial charge in [-0.15, -0.1) is 11.3 Å². The van der Waals surface area contributed by atoms with Crippen molar-refractivity contribution in [2.24, 2.45) is 5.14 Å². The average Bonchev–Trinajstić information content (AvgIpc) is 2.85. The van der Waals surface area contributed by atoms with E-state index in [9.17, 15) is 13.2 Å². The summed E-state index contributed by atoms with van der Waals surface area (Å²) >= 11 is 7.61. The van der Waals surface area contributed by atoms with Gasteiger partial charge in [0.25, 0.3) is 5.91 Å². The van der Waals surface area contributed by atoms with Crippen molar-refractivity contribution >= 4 is 54.6 Å². The third kappa shape index (κ3) is 3.76. The molecule has 0 spiro atoms. The largest absolute Gasteiger partial charge is 0.321 e. The lowest BCUT2D eigenvalue weighted by atomic mass is 10.2. The van der Waals surface area contributed by atoms with E-state index in [0.29, 0.717) is 21.2 Å². The zero-order chi connectivity index (χ0) is 17.3. The van der Waals surface area contributed by atoms with Crippen LogP contribution in [0.5, 0.6) is 0 Å². The van der Waals surface area contributed by atoms with Gasteiger partial charge >= 0.3 is 0 Å². The minimum atomic E-state index is -3.58. The summed E-state index contributed by atoms with van der Waals surface area (Å²) in [4.78, 5) is 12.9. The highest BCUT2D eigenvalue weighted by Gasteiger charge is 2.17. The van der Waals surface area contributed by atoms with Crippen LogP contribution in [-0.4, -0.2) is 14.3 Å². The standard InChI is InChI=1S/C16H13ClN2O3S2/c17-14-12-3-1-2-4-13(12)23-15(14)16(20)19-11-7-5-10(6-8-11)9-24(18,21)22/h1-8H,9H2,(H,19,20)(H2,18,21,22). The Hall–Kier alpha value is -1.93. The molecule has 1 aromatic heterocycles. The molecule has 1 amide bonds. The summed E-state index contributed by atoms with van der Waals surface area (Å²) in [6.07, 6.45) is 0. The summed E-state index contributed by atoms with van der Waals surface area (Å²) in [5.41, 5.74) is 1.10. The summed E-state index contributed by atoms with van der Waals surface area (Å²) in [6.45, 7) is 0. The molecular weight excluding hydrogens is 368 g/mol. The molecule has 2 aromatic carbocycles. The van der Waals surface area contributed by atoms with Crippen LogP contribution in [0.1, 0.15) is 15.2 Å². The molecule has 24 heavy (non-hydrogen) atoms. The van der Waals surface area contributed by atoms with E-state index in [-0.39, 0.29) is 11.7 Å². The maximum absolute atomic E-state index is 12.4. The van der Waals surface area contributed by atoms with Crippen LogP contribution in [0.3, 0.4) is 0 Å². The lowest BCUT2D eigenvalue weighted by Gasteiger charge is -2.05. The first-order valence-corrected chi connectivity index (χ1v) is 9.82. The number of nitrogens with one attached hydrogen (secondary N) is 1. The number of sulfonamides is 1.